The van der Waals surface area contributed by atoms with E-state index >= 15 is 0 Å². The zero-order valence-electron chi connectivity index (χ0n) is 14.5. The summed E-state index contributed by atoms with van der Waals surface area (Å²) in [6.07, 6.45) is 0. The van der Waals surface area contributed by atoms with E-state index in [9.17, 15) is 4.79 Å². The number of fused-ring (bicyclic) bond motifs is 2. The summed E-state index contributed by atoms with van der Waals surface area (Å²) in [5, 5.41) is 9.37. The summed E-state index contributed by atoms with van der Waals surface area (Å²) in [6.45, 7) is 5.38. The average molecular weight is 340 g/mol. The highest BCUT2D eigenvalue weighted by Gasteiger charge is 2.30. The largest absolute Gasteiger partial charge is 0.461 e. The first-order valence-electron chi connectivity index (χ1n) is 8.28. The number of furan rings is 1. The molecule has 0 radical (unpaired) electrons. The minimum atomic E-state index is -0.0469. The van der Waals surface area contributed by atoms with Gasteiger partial charge in [0.15, 0.2) is 11.6 Å². The number of carbonyl (C=O) groups is 1. The van der Waals surface area contributed by atoms with Crippen molar-refractivity contribution in [1.29, 1.82) is 0 Å². The number of amides is 1. The van der Waals surface area contributed by atoms with Crippen molar-refractivity contribution in [1.82, 2.24) is 19.7 Å². The van der Waals surface area contributed by atoms with Crippen LogP contribution < -0.4 is 0 Å². The molecule has 0 fully saturated rings. The second-order valence-electron chi connectivity index (χ2n) is 6.45. The van der Waals surface area contributed by atoms with Crippen molar-refractivity contribution >= 4 is 16.9 Å². The van der Waals surface area contributed by atoms with Crippen LogP contribution in [0.3, 0.4) is 0 Å². The van der Waals surface area contributed by atoms with Gasteiger partial charge in [0.25, 0.3) is 5.91 Å². The number of hydrogen-bond acceptors (Lipinski definition) is 5. The highest BCUT2D eigenvalue weighted by molar-refractivity contribution is 6.05. The van der Waals surface area contributed by atoms with E-state index in [4.69, 9.17) is 9.15 Å². The number of para-hydroxylation sites is 1. The van der Waals surface area contributed by atoms with Gasteiger partial charge in [-0.05, 0) is 26.0 Å². The number of ether oxygens (including phenoxy) is 1. The average Bonchev–Trinajstić information content (AvgIpc) is 3.17. The van der Waals surface area contributed by atoms with Crippen molar-refractivity contribution in [3.05, 3.63) is 47.2 Å². The molecule has 25 heavy (non-hydrogen) atoms. The number of carbonyl (C=O) groups excluding carboxylic acids is 1. The van der Waals surface area contributed by atoms with Gasteiger partial charge >= 0.3 is 0 Å². The minimum absolute atomic E-state index is 0.0469. The van der Waals surface area contributed by atoms with Crippen LogP contribution in [0.15, 0.2) is 28.7 Å². The number of benzene rings is 1. The van der Waals surface area contributed by atoms with Gasteiger partial charge in [-0.3, -0.25) is 4.79 Å². The molecule has 7 nitrogen and oxygen atoms in total. The van der Waals surface area contributed by atoms with Gasteiger partial charge in [-0.15, -0.1) is 10.2 Å². The standard InChI is InChI=1S/C18H20N4O3/c1-11-8-21(9-15-19-20-16(10-24-3)22(11)15)18(23)14-6-4-5-13-7-12(2)25-17(13)14/h4-7,11H,8-10H2,1-3H3/t11-/m0/s1. The van der Waals surface area contributed by atoms with Crippen molar-refractivity contribution in [2.24, 2.45) is 0 Å². The lowest BCUT2D eigenvalue weighted by Gasteiger charge is -2.32. The summed E-state index contributed by atoms with van der Waals surface area (Å²) >= 11 is 0. The molecule has 0 saturated heterocycles. The number of rotatable bonds is 3. The maximum absolute atomic E-state index is 13.1. The smallest absolute Gasteiger partial charge is 0.258 e. The van der Waals surface area contributed by atoms with Crippen LogP contribution in [0.25, 0.3) is 11.0 Å². The van der Waals surface area contributed by atoms with Crippen LogP contribution in [0, 0.1) is 6.92 Å². The van der Waals surface area contributed by atoms with Gasteiger partial charge in [-0.25, -0.2) is 0 Å². The van der Waals surface area contributed by atoms with E-state index in [1.54, 1.807) is 12.0 Å². The van der Waals surface area contributed by atoms with Gasteiger partial charge in [0, 0.05) is 19.0 Å². The Balaban J connectivity index is 1.67. The second-order valence-corrected chi connectivity index (χ2v) is 6.45. The summed E-state index contributed by atoms with van der Waals surface area (Å²) < 4.78 is 13.0. The van der Waals surface area contributed by atoms with Gasteiger partial charge in [0.05, 0.1) is 18.2 Å². The van der Waals surface area contributed by atoms with E-state index in [1.807, 2.05) is 31.2 Å². The van der Waals surface area contributed by atoms with E-state index in [0.29, 0.717) is 30.8 Å². The molecule has 0 saturated carbocycles. The summed E-state index contributed by atoms with van der Waals surface area (Å²) in [5.74, 6) is 2.32. The first kappa shape index (κ1) is 15.8. The Kier molecular flexibility index (Phi) is 3.80. The Morgan fingerprint density at radius 1 is 1.40 bits per heavy atom. The topological polar surface area (TPSA) is 73.4 Å². The molecule has 0 spiro atoms. The molecule has 4 rings (SSSR count). The first-order chi connectivity index (χ1) is 12.1. The van der Waals surface area contributed by atoms with Crippen LogP contribution in [-0.2, 0) is 17.9 Å². The third-order valence-electron chi connectivity index (χ3n) is 4.55. The lowest BCUT2D eigenvalue weighted by atomic mass is 10.1. The summed E-state index contributed by atoms with van der Waals surface area (Å²) in [6, 6.07) is 7.68. The fourth-order valence-corrected chi connectivity index (χ4v) is 3.53. The lowest BCUT2D eigenvalue weighted by molar-refractivity contribution is 0.0676. The number of methoxy groups -OCH3 is 1. The van der Waals surface area contributed by atoms with Crippen molar-refractivity contribution in [2.45, 2.75) is 33.0 Å². The Hall–Kier alpha value is -2.67. The number of aryl methyl sites for hydroxylation is 1. The van der Waals surface area contributed by atoms with E-state index in [-0.39, 0.29) is 11.9 Å². The second kappa shape index (κ2) is 6.00. The summed E-state index contributed by atoms with van der Waals surface area (Å²) in [7, 11) is 1.64. The lowest BCUT2D eigenvalue weighted by Crippen LogP contribution is -2.40. The van der Waals surface area contributed by atoms with E-state index in [1.165, 1.54) is 0 Å². The van der Waals surface area contributed by atoms with Crippen molar-refractivity contribution in [3.63, 3.8) is 0 Å². The molecule has 0 unspecified atom stereocenters. The zero-order chi connectivity index (χ0) is 17.6. The highest BCUT2D eigenvalue weighted by Crippen LogP contribution is 2.27. The fourth-order valence-electron chi connectivity index (χ4n) is 3.53. The molecule has 1 aliphatic heterocycles. The third-order valence-corrected chi connectivity index (χ3v) is 4.55. The Bertz CT molecular complexity index is 943. The van der Waals surface area contributed by atoms with Gasteiger partial charge < -0.3 is 18.6 Å². The fraction of sp³-hybridized carbons (Fsp3) is 0.389. The quantitative estimate of drug-likeness (QED) is 0.733. The molecule has 1 atom stereocenters. The Morgan fingerprint density at radius 2 is 2.24 bits per heavy atom. The van der Waals surface area contributed by atoms with Gasteiger partial charge in [0.2, 0.25) is 0 Å². The number of hydrogen-bond donors (Lipinski definition) is 0. The predicted octanol–water partition coefficient (Wildman–Crippen LogP) is 2.70. The molecule has 130 valence electrons. The van der Waals surface area contributed by atoms with Gasteiger partial charge in [-0.2, -0.15) is 0 Å². The van der Waals surface area contributed by atoms with Gasteiger partial charge in [0.1, 0.15) is 18.0 Å². The van der Waals surface area contributed by atoms with Crippen LogP contribution in [0.2, 0.25) is 0 Å². The van der Waals surface area contributed by atoms with E-state index < -0.39 is 0 Å². The van der Waals surface area contributed by atoms with Gasteiger partial charge in [-0.1, -0.05) is 12.1 Å². The maximum Gasteiger partial charge on any atom is 0.258 e. The summed E-state index contributed by atoms with van der Waals surface area (Å²) in [4.78, 5) is 14.9. The third kappa shape index (κ3) is 2.60. The molecule has 0 N–H and O–H groups in total. The van der Waals surface area contributed by atoms with E-state index in [0.717, 1.165) is 22.8 Å². The zero-order valence-corrected chi connectivity index (χ0v) is 14.5. The molecule has 3 aromatic rings. The number of aromatic nitrogens is 3. The van der Waals surface area contributed by atoms with Crippen LogP contribution in [0.5, 0.6) is 0 Å². The molecular weight excluding hydrogens is 320 g/mol. The highest BCUT2D eigenvalue weighted by atomic mass is 16.5. The molecule has 0 bridgehead atoms. The van der Waals surface area contributed by atoms with Crippen molar-refractivity contribution < 1.29 is 13.9 Å². The van der Waals surface area contributed by atoms with E-state index in [2.05, 4.69) is 21.7 Å². The molecule has 3 heterocycles. The SMILES string of the molecule is COCc1nnc2n1[C@@H](C)CN(C(=O)c1cccc3cc(C)oc13)C2. The molecule has 7 heteroatoms. The molecule has 2 aromatic heterocycles. The first-order valence-corrected chi connectivity index (χ1v) is 8.28. The number of nitrogens with zero attached hydrogens (tertiary/aromatic N) is 4. The monoisotopic (exact) mass is 340 g/mol. The van der Waals surface area contributed by atoms with Crippen molar-refractivity contribution in [2.75, 3.05) is 13.7 Å². The normalized spacial score (nSPS) is 17.1. The minimum Gasteiger partial charge on any atom is -0.461 e. The summed E-state index contributed by atoms with van der Waals surface area (Å²) in [5.41, 5.74) is 1.23. The van der Waals surface area contributed by atoms with Crippen molar-refractivity contribution in [3.8, 4) is 0 Å². The Morgan fingerprint density at radius 3 is 3.04 bits per heavy atom. The molecule has 1 aliphatic rings. The molecular formula is C18H20N4O3. The predicted molar refractivity (Wildman–Crippen MR) is 91.1 cm³/mol. The maximum atomic E-state index is 13.1. The molecule has 1 amide bonds. The Labute approximate surface area is 145 Å². The molecule has 0 aliphatic carbocycles. The van der Waals surface area contributed by atoms with Crippen LogP contribution in [-0.4, -0.2) is 39.2 Å². The van der Waals surface area contributed by atoms with Crippen LogP contribution in [0.1, 0.15) is 40.7 Å². The molecule has 1 aromatic carbocycles. The van der Waals surface area contributed by atoms with Crippen LogP contribution in [0.4, 0.5) is 0 Å². The van der Waals surface area contributed by atoms with Crippen LogP contribution >= 0.6 is 0 Å².